The number of amides is 1. The number of hydrogen-bond acceptors (Lipinski definition) is 4. The summed E-state index contributed by atoms with van der Waals surface area (Å²) in [4.78, 5) is 19.9. The molecule has 3 aliphatic rings. The molecule has 0 N–H and O–H groups in total. The van der Waals surface area contributed by atoms with Gasteiger partial charge < -0.3 is 9.64 Å². The van der Waals surface area contributed by atoms with E-state index in [1.165, 1.54) is 36.0 Å². The Morgan fingerprint density at radius 1 is 1.00 bits per heavy atom. The molecule has 164 valence electrons. The Morgan fingerprint density at radius 2 is 1.81 bits per heavy atom. The molecule has 0 radical (unpaired) electrons. The molecule has 5 nitrogen and oxygen atoms in total. The quantitative estimate of drug-likeness (QED) is 0.744. The summed E-state index contributed by atoms with van der Waals surface area (Å²) >= 11 is 0. The summed E-state index contributed by atoms with van der Waals surface area (Å²) in [6.07, 6.45) is 5.06. The van der Waals surface area contributed by atoms with E-state index in [9.17, 15) is 4.79 Å². The first-order valence-electron chi connectivity index (χ1n) is 11.7. The van der Waals surface area contributed by atoms with Crippen molar-refractivity contribution in [3.05, 3.63) is 53.6 Å². The molecule has 2 heterocycles. The number of nitrogens with zero attached hydrogens (tertiary/aromatic N) is 3. The van der Waals surface area contributed by atoms with Crippen LogP contribution in [0.15, 0.2) is 42.5 Å². The van der Waals surface area contributed by atoms with Crippen molar-refractivity contribution in [3.8, 4) is 16.9 Å². The zero-order valence-corrected chi connectivity index (χ0v) is 18.6. The van der Waals surface area contributed by atoms with Crippen molar-refractivity contribution in [3.63, 3.8) is 0 Å². The Labute approximate surface area is 185 Å². The van der Waals surface area contributed by atoms with Gasteiger partial charge in [0.05, 0.1) is 13.7 Å². The molecule has 31 heavy (non-hydrogen) atoms. The SMILES string of the molecule is COc1ccccc1-c1ccc2c(c1)CCN(CC(=O)N1CCN(C3CCC3)CC1)C2. The van der Waals surface area contributed by atoms with Crippen molar-refractivity contribution < 1.29 is 9.53 Å². The predicted molar refractivity (Wildman–Crippen MR) is 123 cm³/mol. The third kappa shape index (κ3) is 4.35. The summed E-state index contributed by atoms with van der Waals surface area (Å²) in [6.45, 7) is 6.21. The van der Waals surface area contributed by atoms with Crippen molar-refractivity contribution >= 4 is 5.91 Å². The van der Waals surface area contributed by atoms with E-state index in [-0.39, 0.29) is 0 Å². The second kappa shape index (κ2) is 9.01. The van der Waals surface area contributed by atoms with E-state index < -0.39 is 0 Å². The van der Waals surface area contributed by atoms with Gasteiger partial charge in [0.1, 0.15) is 5.75 Å². The molecule has 5 heteroatoms. The zero-order valence-electron chi connectivity index (χ0n) is 18.6. The molecule has 0 atom stereocenters. The van der Waals surface area contributed by atoms with Crippen LogP contribution >= 0.6 is 0 Å². The minimum absolute atomic E-state index is 0.294. The summed E-state index contributed by atoms with van der Waals surface area (Å²) in [6, 6.07) is 15.7. The van der Waals surface area contributed by atoms with Gasteiger partial charge in [-0.3, -0.25) is 14.6 Å². The number of rotatable bonds is 5. The predicted octanol–water partition coefficient (Wildman–Crippen LogP) is 3.42. The minimum atomic E-state index is 0.294. The number of carbonyl (C=O) groups is 1. The van der Waals surface area contributed by atoms with E-state index >= 15 is 0 Å². The van der Waals surface area contributed by atoms with Crippen molar-refractivity contribution in [2.75, 3.05) is 46.4 Å². The second-order valence-corrected chi connectivity index (χ2v) is 9.15. The lowest BCUT2D eigenvalue weighted by molar-refractivity contribution is -0.135. The first-order chi connectivity index (χ1) is 15.2. The first kappa shape index (κ1) is 20.5. The van der Waals surface area contributed by atoms with Crippen molar-refractivity contribution in [1.29, 1.82) is 0 Å². The fraction of sp³-hybridized carbons (Fsp3) is 0.500. The normalized spacial score (nSPS) is 20.2. The number of ether oxygens (including phenoxy) is 1. The third-order valence-electron chi connectivity index (χ3n) is 7.33. The maximum atomic E-state index is 12.9. The monoisotopic (exact) mass is 419 g/mol. The van der Waals surface area contributed by atoms with E-state index in [4.69, 9.17) is 4.74 Å². The molecule has 2 aliphatic heterocycles. The molecule has 0 unspecified atom stereocenters. The largest absolute Gasteiger partial charge is 0.496 e. The van der Waals surface area contributed by atoms with Gasteiger partial charge in [-0.05, 0) is 42.0 Å². The van der Waals surface area contributed by atoms with Crippen molar-refractivity contribution in [1.82, 2.24) is 14.7 Å². The van der Waals surface area contributed by atoms with Gasteiger partial charge >= 0.3 is 0 Å². The maximum absolute atomic E-state index is 12.9. The lowest BCUT2D eigenvalue weighted by atomic mass is 9.91. The average Bonchev–Trinajstić information content (AvgIpc) is 2.78. The van der Waals surface area contributed by atoms with Gasteiger partial charge in [0, 0.05) is 50.9 Å². The first-order valence-corrected chi connectivity index (χ1v) is 11.7. The lowest BCUT2D eigenvalue weighted by Crippen LogP contribution is -2.55. The molecular formula is C26H33N3O2. The Kier molecular flexibility index (Phi) is 5.97. The molecule has 2 aromatic carbocycles. The number of hydrogen-bond donors (Lipinski definition) is 0. The van der Waals surface area contributed by atoms with E-state index in [2.05, 4.69) is 45.0 Å². The Balaban J connectivity index is 1.19. The molecule has 2 aromatic rings. The molecular weight excluding hydrogens is 386 g/mol. The standard InChI is InChI=1S/C26H33N3O2/c1-31-25-8-3-2-7-24(25)21-9-10-22-18-27(12-11-20(22)17-21)19-26(30)29-15-13-28(14-16-29)23-5-4-6-23/h2-3,7-10,17,23H,4-6,11-16,18-19H2,1H3. The van der Waals surface area contributed by atoms with Crippen LogP contribution in [-0.4, -0.2) is 73.0 Å². The molecule has 0 bridgehead atoms. The molecule has 1 saturated carbocycles. The van der Waals surface area contributed by atoms with Gasteiger partial charge in [-0.1, -0.05) is 42.8 Å². The summed E-state index contributed by atoms with van der Waals surface area (Å²) < 4.78 is 5.54. The number of para-hydroxylation sites is 1. The molecule has 2 fully saturated rings. The minimum Gasteiger partial charge on any atom is -0.496 e. The summed E-state index contributed by atoms with van der Waals surface area (Å²) in [5.41, 5.74) is 5.06. The van der Waals surface area contributed by atoms with E-state index in [0.717, 1.165) is 63.0 Å². The molecule has 1 saturated heterocycles. The van der Waals surface area contributed by atoms with E-state index in [1.54, 1.807) is 7.11 Å². The fourth-order valence-electron chi connectivity index (χ4n) is 5.18. The van der Waals surface area contributed by atoms with Crippen LogP contribution in [0.25, 0.3) is 11.1 Å². The van der Waals surface area contributed by atoms with Gasteiger partial charge in [-0.25, -0.2) is 0 Å². The summed E-state index contributed by atoms with van der Waals surface area (Å²) in [5.74, 6) is 1.20. The zero-order chi connectivity index (χ0) is 21.2. The van der Waals surface area contributed by atoms with Crippen LogP contribution in [0.5, 0.6) is 5.75 Å². The van der Waals surface area contributed by atoms with Crippen LogP contribution in [-0.2, 0) is 17.8 Å². The second-order valence-electron chi connectivity index (χ2n) is 9.15. The average molecular weight is 420 g/mol. The highest BCUT2D eigenvalue weighted by molar-refractivity contribution is 5.78. The summed E-state index contributed by atoms with van der Waals surface area (Å²) in [5, 5.41) is 0. The van der Waals surface area contributed by atoms with Crippen LogP contribution in [0, 0.1) is 0 Å². The fourth-order valence-corrected chi connectivity index (χ4v) is 5.18. The molecule has 1 aliphatic carbocycles. The van der Waals surface area contributed by atoms with Gasteiger partial charge in [0.25, 0.3) is 0 Å². The van der Waals surface area contributed by atoms with Gasteiger partial charge in [-0.2, -0.15) is 0 Å². The number of carbonyl (C=O) groups excluding carboxylic acids is 1. The topological polar surface area (TPSA) is 36.0 Å². The van der Waals surface area contributed by atoms with E-state index in [1.807, 2.05) is 12.1 Å². The van der Waals surface area contributed by atoms with Crippen LogP contribution in [0.3, 0.4) is 0 Å². The molecule has 0 aromatic heterocycles. The number of methoxy groups -OCH3 is 1. The number of fused-ring (bicyclic) bond motifs is 1. The van der Waals surface area contributed by atoms with Crippen LogP contribution < -0.4 is 4.74 Å². The van der Waals surface area contributed by atoms with Crippen molar-refractivity contribution in [2.45, 2.75) is 38.3 Å². The lowest BCUT2D eigenvalue weighted by Gasteiger charge is -2.43. The Morgan fingerprint density at radius 3 is 2.55 bits per heavy atom. The highest BCUT2D eigenvalue weighted by atomic mass is 16.5. The summed E-state index contributed by atoms with van der Waals surface area (Å²) in [7, 11) is 1.72. The number of piperazine rings is 1. The van der Waals surface area contributed by atoms with Crippen molar-refractivity contribution in [2.24, 2.45) is 0 Å². The Bertz CT molecular complexity index is 932. The smallest absolute Gasteiger partial charge is 0.236 e. The van der Waals surface area contributed by atoms with Gasteiger partial charge in [-0.15, -0.1) is 0 Å². The molecule has 1 amide bonds. The van der Waals surface area contributed by atoms with Crippen LogP contribution in [0.1, 0.15) is 30.4 Å². The van der Waals surface area contributed by atoms with Crippen LogP contribution in [0.2, 0.25) is 0 Å². The molecule has 0 spiro atoms. The van der Waals surface area contributed by atoms with Crippen LogP contribution in [0.4, 0.5) is 0 Å². The highest BCUT2D eigenvalue weighted by Crippen LogP contribution is 2.32. The highest BCUT2D eigenvalue weighted by Gasteiger charge is 2.30. The Hall–Kier alpha value is -2.37. The van der Waals surface area contributed by atoms with Gasteiger partial charge in [0.2, 0.25) is 5.91 Å². The van der Waals surface area contributed by atoms with Gasteiger partial charge in [0.15, 0.2) is 0 Å². The molecule has 5 rings (SSSR count). The maximum Gasteiger partial charge on any atom is 0.236 e. The van der Waals surface area contributed by atoms with E-state index in [0.29, 0.717) is 12.5 Å². The number of benzene rings is 2. The third-order valence-corrected chi connectivity index (χ3v) is 7.33.